The molecule has 128 valence electrons. The quantitative estimate of drug-likeness (QED) is 0.910. The van der Waals surface area contributed by atoms with Crippen LogP contribution < -0.4 is 10.1 Å². The highest BCUT2D eigenvalue weighted by Gasteiger charge is 2.21. The summed E-state index contributed by atoms with van der Waals surface area (Å²) in [6.07, 6.45) is 3.72. The molecule has 6 heteroatoms. The highest BCUT2D eigenvalue weighted by Crippen LogP contribution is 2.17. The van der Waals surface area contributed by atoms with Gasteiger partial charge in [0.1, 0.15) is 11.4 Å². The second-order valence-corrected chi connectivity index (χ2v) is 6.25. The second kappa shape index (κ2) is 7.49. The highest BCUT2D eigenvalue weighted by atomic mass is 16.5. The van der Waals surface area contributed by atoms with Gasteiger partial charge in [0.2, 0.25) is 0 Å². The molecule has 0 bridgehead atoms. The number of nitrogens with one attached hydrogen (secondary N) is 1. The summed E-state index contributed by atoms with van der Waals surface area (Å²) in [5.74, 6) is 0.805. The molecule has 1 saturated heterocycles. The van der Waals surface area contributed by atoms with Crippen molar-refractivity contribution in [3.63, 3.8) is 0 Å². The van der Waals surface area contributed by atoms with Crippen LogP contribution in [0.25, 0.3) is 0 Å². The molecule has 0 spiro atoms. The van der Waals surface area contributed by atoms with Crippen molar-refractivity contribution in [1.82, 2.24) is 20.0 Å². The molecule has 1 aliphatic heterocycles. The zero-order chi connectivity index (χ0) is 16.9. The molecule has 1 fully saturated rings. The number of nitrogens with zero attached hydrogens (tertiary/aromatic N) is 3. The number of methoxy groups -OCH3 is 1. The minimum Gasteiger partial charge on any atom is -0.497 e. The number of rotatable bonds is 5. The lowest BCUT2D eigenvalue weighted by Crippen LogP contribution is -2.44. The van der Waals surface area contributed by atoms with Gasteiger partial charge < -0.3 is 10.1 Å². The number of ether oxygens (including phenoxy) is 1. The Labute approximate surface area is 142 Å². The first kappa shape index (κ1) is 16.5. The molecule has 3 rings (SSSR count). The van der Waals surface area contributed by atoms with Crippen LogP contribution in [0.15, 0.2) is 36.5 Å². The van der Waals surface area contributed by atoms with Crippen molar-refractivity contribution in [3.8, 4) is 5.75 Å². The van der Waals surface area contributed by atoms with Gasteiger partial charge >= 0.3 is 0 Å². The average Bonchev–Trinajstić information content (AvgIpc) is 3.04. The van der Waals surface area contributed by atoms with Gasteiger partial charge in [0.25, 0.3) is 5.91 Å². The Morgan fingerprint density at radius 1 is 1.25 bits per heavy atom. The van der Waals surface area contributed by atoms with Crippen molar-refractivity contribution in [3.05, 3.63) is 47.8 Å². The fraction of sp³-hybridized carbons (Fsp3) is 0.444. The van der Waals surface area contributed by atoms with Gasteiger partial charge in [-0.3, -0.25) is 14.4 Å². The van der Waals surface area contributed by atoms with E-state index in [0.717, 1.165) is 38.2 Å². The highest BCUT2D eigenvalue weighted by molar-refractivity contribution is 5.92. The van der Waals surface area contributed by atoms with Crippen LogP contribution in [0.2, 0.25) is 0 Å². The Morgan fingerprint density at radius 2 is 1.96 bits per heavy atom. The molecule has 2 aromatic rings. The molecule has 1 aromatic heterocycles. The Bertz CT molecular complexity index is 673. The van der Waals surface area contributed by atoms with Crippen molar-refractivity contribution in [2.24, 2.45) is 7.05 Å². The van der Waals surface area contributed by atoms with Crippen LogP contribution in [0.1, 0.15) is 28.9 Å². The van der Waals surface area contributed by atoms with Gasteiger partial charge in [-0.05, 0) is 36.6 Å². The SMILES string of the molecule is COc1ccc(CN2CCC(NC(=O)c3ccn(C)n3)CC2)cc1. The minimum atomic E-state index is -0.0794. The lowest BCUT2D eigenvalue weighted by Gasteiger charge is -2.32. The molecule has 0 atom stereocenters. The molecule has 1 N–H and O–H groups in total. The predicted molar refractivity (Wildman–Crippen MR) is 92.0 cm³/mol. The molecular formula is C18H24N4O2. The fourth-order valence-corrected chi connectivity index (χ4v) is 3.02. The van der Waals surface area contributed by atoms with Crippen LogP contribution in [0.3, 0.4) is 0 Å². The molecule has 2 heterocycles. The molecule has 1 aliphatic rings. The molecule has 0 unspecified atom stereocenters. The smallest absolute Gasteiger partial charge is 0.271 e. The molecule has 1 amide bonds. The van der Waals surface area contributed by atoms with Gasteiger partial charge in [-0.15, -0.1) is 0 Å². The van der Waals surface area contributed by atoms with E-state index < -0.39 is 0 Å². The molecule has 1 aromatic carbocycles. The van der Waals surface area contributed by atoms with Crippen molar-refractivity contribution in [1.29, 1.82) is 0 Å². The third-order valence-electron chi connectivity index (χ3n) is 4.43. The van der Waals surface area contributed by atoms with E-state index >= 15 is 0 Å². The first-order chi connectivity index (χ1) is 11.6. The van der Waals surface area contributed by atoms with Crippen LogP contribution in [0, 0.1) is 0 Å². The third-order valence-corrected chi connectivity index (χ3v) is 4.43. The van der Waals surface area contributed by atoms with Gasteiger partial charge in [-0.25, -0.2) is 0 Å². The summed E-state index contributed by atoms with van der Waals surface area (Å²) in [6.45, 7) is 2.91. The number of benzene rings is 1. The Morgan fingerprint density at radius 3 is 2.54 bits per heavy atom. The van der Waals surface area contributed by atoms with Gasteiger partial charge in [0, 0.05) is 38.9 Å². The normalized spacial score (nSPS) is 16.1. The van der Waals surface area contributed by atoms with Gasteiger partial charge in [-0.1, -0.05) is 12.1 Å². The van der Waals surface area contributed by atoms with Crippen LogP contribution in [0.5, 0.6) is 5.75 Å². The second-order valence-electron chi connectivity index (χ2n) is 6.25. The monoisotopic (exact) mass is 328 g/mol. The van der Waals surface area contributed by atoms with Crippen LogP contribution >= 0.6 is 0 Å². The molecule has 0 radical (unpaired) electrons. The number of amides is 1. The van der Waals surface area contributed by atoms with E-state index in [2.05, 4.69) is 27.4 Å². The lowest BCUT2D eigenvalue weighted by molar-refractivity contribution is 0.0903. The van der Waals surface area contributed by atoms with E-state index in [0.29, 0.717) is 5.69 Å². The van der Waals surface area contributed by atoms with Crippen molar-refractivity contribution >= 4 is 5.91 Å². The number of likely N-dealkylation sites (tertiary alicyclic amines) is 1. The molecule has 24 heavy (non-hydrogen) atoms. The minimum absolute atomic E-state index is 0.0794. The van der Waals surface area contributed by atoms with Crippen LogP contribution in [0.4, 0.5) is 0 Å². The maximum Gasteiger partial charge on any atom is 0.271 e. The number of hydrogen-bond acceptors (Lipinski definition) is 4. The van der Waals surface area contributed by atoms with Gasteiger partial charge in [-0.2, -0.15) is 5.10 Å². The maximum atomic E-state index is 12.1. The van der Waals surface area contributed by atoms with Crippen molar-refractivity contribution in [2.75, 3.05) is 20.2 Å². The Kier molecular flexibility index (Phi) is 5.15. The van der Waals surface area contributed by atoms with Crippen molar-refractivity contribution < 1.29 is 9.53 Å². The predicted octanol–water partition coefficient (Wildman–Crippen LogP) is 1.82. The van der Waals surface area contributed by atoms with Crippen molar-refractivity contribution in [2.45, 2.75) is 25.4 Å². The average molecular weight is 328 g/mol. The van der Waals surface area contributed by atoms with E-state index in [1.165, 1.54) is 5.56 Å². The van der Waals surface area contributed by atoms with Gasteiger partial charge in [0.05, 0.1) is 7.11 Å². The number of carbonyl (C=O) groups excluding carboxylic acids is 1. The van der Waals surface area contributed by atoms with E-state index in [9.17, 15) is 4.79 Å². The standard InChI is InChI=1S/C18H24N4O2/c1-21-10-9-17(20-21)18(23)19-15-7-11-22(12-8-15)13-14-3-5-16(24-2)6-4-14/h3-6,9-10,15H,7-8,11-13H2,1-2H3,(H,19,23). The van der Waals surface area contributed by atoms with Gasteiger partial charge in [0.15, 0.2) is 0 Å². The Balaban J connectivity index is 1.46. The first-order valence-corrected chi connectivity index (χ1v) is 8.30. The maximum absolute atomic E-state index is 12.1. The summed E-state index contributed by atoms with van der Waals surface area (Å²) in [5.41, 5.74) is 1.77. The van der Waals surface area contributed by atoms with E-state index in [1.807, 2.05) is 19.2 Å². The largest absolute Gasteiger partial charge is 0.497 e. The summed E-state index contributed by atoms with van der Waals surface area (Å²) in [4.78, 5) is 14.6. The van der Waals surface area contributed by atoms with E-state index in [4.69, 9.17) is 4.74 Å². The number of piperidine rings is 1. The zero-order valence-corrected chi connectivity index (χ0v) is 14.2. The zero-order valence-electron chi connectivity index (χ0n) is 14.2. The number of carbonyl (C=O) groups is 1. The summed E-state index contributed by atoms with van der Waals surface area (Å²) < 4.78 is 6.83. The fourth-order valence-electron chi connectivity index (χ4n) is 3.02. The number of aromatic nitrogens is 2. The van der Waals surface area contributed by atoms with Crippen LogP contribution in [-0.4, -0.2) is 46.8 Å². The summed E-state index contributed by atoms with van der Waals surface area (Å²) in [5, 5.41) is 7.23. The van der Waals surface area contributed by atoms with Crippen LogP contribution in [-0.2, 0) is 13.6 Å². The van der Waals surface area contributed by atoms with E-state index in [1.54, 1.807) is 24.1 Å². The van der Waals surface area contributed by atoms with E-state index in [-0.39, 0.29) is 11.9 Å². The molecule has 0 aliphatic carbocycles. The summed E-state index contributed by atoms with van der Waals surface area (Å²) in [7, 11) is 3.49. The molecule has 0 saturated carbocycles. The Hall–Kier alpha value is -2.34. The molecule has 6 nitrogen and oxygen atoms in total. The first-order valence-electron chi connectivity index (χ1n) is 8.30. The number of hydrogen-bond donors (Lipinski definition) is 1. The summed E-state index contributed by atoms with van der Waals surface area (Å²) >= 11 is 0. The lowest BCUT2D eigenvalue weighted by atomic mass is 10.0. The summed E-state index contributed by atoms with van der Waals surface area (Å²) in [6, 6.07) is 10.2. The third kappa shape index (κ3) is 4.14. The molecular weight excluding hydrogens is 304 g/mol. The topological polar surface area (TPSA) is 59.4 Å². The number of aryl methyl sites for hydroxylation is 1.